The van der Waals surface area contributed by atoms with Gasteiger partial charge in [0.2, 0.25) is 5.91 Å². The molecule has 0 aromatic heterocycles. The molecule has 1 unspecified atom stereocenters. The fraction of sp³-hybridized carbons (Fsp3) is 0.412. The van der Waals surface area contributed by atoms with E-state index in [-0.39, 0.29) is 29.9 Å². The number of anilines is 1. The van der Waals surface area contributed by atoms with Crippen molar-refractivity contribution in [3.05, 3.63) is 95.1 Å². The number of ether oxygens (including phenoxy) is 1. The zero-order chi connectivity index (χ0) is 28.8. The van der Waals surface area contributed by atoms with E-state index in [1.807, 2.05) is 79.4 Å². The number of piperidine rings is 1. The van der Waals surface area contributed by atoms with E-state index < -0.39 is 0 Å². The van der Waals surface area contributed by atoms with Crippen molar-refractivity contribution in [3.63, 3.8) is 0 Å². The molecule has 8 heteroatoms. The van der Waals surface area contributed by atoms with Gasteiger partial charge in [-0.1, -0.05) is 60.7 Å². The summed E-state index contributed by atoms with van der Waals surface area (Å²) in [6.45, 7) is 8.16. The lowest BCUT2D eigenvalue weighted by molar-refractivity contribution is -0.138. The Morgan fingerprint density at radius 1 is 0.905 bits per heavy atom. The second kappa shape index (κ2) is 14.1. The van der Waals surface area contributed by atoms with Gasteiger partial charge in [-0.05, 0) is 87.0 Å². The first kappa shape index (κ1) is 31.4. The summed E-state index contributed by atoms with van der Waals surface area (Å²) in [6, 6.07) is 23.9. The number of para-hydroxylation sites is 1. The van der Waals surface area contributed by atoms with Gasteiger partial charge in [-0.15, -0.1) is 12.4 Å². The van der Waals surface area contributed by atoms with Crippen molar-refractivity contribution >= 4 is 30.0 Å². The molecule has 2 aliphatic rings. The Hall–Kier alpha value is -3.55. The first-order valence-corrected chi connectivity index (χ1v) is 14.7. The Morgan fingerprint density at radius 3 is 2.19 bits per heavy atom. The molecule has 2 heterocycles. The van der Waals surface area contributed by atoms with Crippen molar-refractivity contribution in [1.82, 2.24) is 15.1 Å². The third-order valence-electron chi connectivity index (χ3n) is 8.91. The van der Waals surface area contributed by atoms with Gasteiger partial charge in [-0.3, -0.25) is 4.79 Å². The molecule has 0 aliphatic carbocycles. The molecule has 2 N–H and O–H groups in total. The number of halogens is 1. The van der Waals surface area contributed by atoms with Crippen LogP contribution >= 0.6 is 12.4 Å². The quantitative estimate of drug-likeness (QED) is 0.298. The van der Waals surface area contributed by atoms with Crippen LogP contribution in [0.4, 0.5) is 10.5 Å². The largest absolute Gasteiger partial charge is 0.497 e. The van der Waals surface area contributed by atoms with Crippen molar-refractivity contribution in [1.29, 1.82) is 0 Å². The fourth-order valence-corrected chi connectivity index (χ4v) is 6.30. The summed E-state index contributed by atoms with van der Waals surface area (Å²) >= 11 is 0. The molecule has 2 fully saturated rings. The summed E-state index contributed by atoms with van der Waals surface area (Å²) < 4.78 is 5.26. The molecule has 3 aromatic carbocycles. The van der Waals surface area contributed by atoms with Crippen LogP contribution in [-0.2, 0) is 11.3 Å². The number of rotatable bonds is 9. The van der Waals surface area contributed by atoms with E-state index >= 15 is 0 Å². The predicted molar refractivity (Wildman–Crippen MR) is 170 cm³/mol. The topological polar surface area (TPSA) is 73.9 Å². The molecular formula is C34H43ClN4O3. The van der Waals surface area contributed by atoms with Gasteiger partial charge < -0.3 is 25.2 Å². The van der Waals surface area contributed by atoms with Crippen LogP contribution in [0.3, 0.4) is 0 Å². The van der Waals surface area contributed by atoms with E-state index in [1.54, 1.807) is 7.11 Å². The van der Waals surface area contributed by atoms with Crippen LogP contribution in [-0.4, -0.2) is 55.0 Å². The number of benzene rings is 3. The zero-order valence-corrected chi connectivity index (χ0v) is 25.7. The highest BCUT2D eigenvalue weighted by Crippen LogP contribution is 2.42. The molecule has 2 saturated heterocycles. The summed E-state index contributed by atoms with van der Waals surface area (Å²) in [5.74, 6) is 1.14. The lowest BCUT2D eigenvalue weighted by atomic mass is 9.77. The first-order valence-electron chi connectivity index (χ1n) is 14.7. The predicted octanol–water partition coefficient (Wildman–Crippen LogP) is 6.50. The van der Waals surface area contributed by atoms with Crippen molar-refractivity contribution < 1.29 is 14.3 Å². The molecule has 1 spiro atoms. The summed E-state index contributed by atoms with van der Waals surface area (Å²) in [7, 11) is 1.66. The summed E-state index contributed by atoms with van der Waals surface area (Å²) in [6.07, 6.45) is 3.51. The lowest BCUT2D eigenvalue weighted by Gasteiger charge is -2.38. The average molecular weight is 591 g/mol. The number of hydrogen-bond donors (Lipinski definition) is 2. The molecule has 3 amide bonds. The van der Waals surface area contributed by atoms with Crippen molar-refractivity contribution in [2.45, 2.75) is 52.1 Å². The molecule has 0 saturated carbocycles. The van der Waals surface area contributed by atoms with Crippen LogP contribution in [0.2, 0.25) is 0 Å². The van der Waals surface area contributed by atoms with E-state index in [2.05, 4.69) is 27.7 Å². The van der Waals surface area contributed by atoms with Crippen LogP contribution < -0.4 is 15.4 Å². The number of carbonyl (C=O) groups excluding carboxylic acids is 2. The van der Waals surface area contributed by atoms with Crippen molar-refractivity contribution in [2.24, 2.45) is 5.41 Å². The Kier molecular flexibility index (Phi) is 10.5. The number of methoxy groups -OCH3 is 1. The Bertz CT molecular complexity index is 1320. The van der Waals surface area contributed by atoms with Crippen LogP contribution in [0.1, 0.15) is 54.0 Å². The number of aryl methyl sites for hydroxylation is 2. The second-order valence-electron chi connectivity index (χ2n) is 11.6. The number of urea groups is 1. The minimum atomic E-state index is -0.231. The maximum absolute atomic E-state index is 13.5. The van der Waals surface area contributed by atoms with Crippen molar-refractivity contribution in [3.8, 4) is 5.75 Å². The van der Waals surface area contributed by atoms with E-state index in [9.17, 15) is 9.59 Å². The molecule has 2 aliphatic heterocycles. The number of hydrogen-bond acceptors (Lipinski definition) is 4. The van der Waals surface area contributed by atoms with Gasteiger partial charge in [0.15, 0.2) is 0 Å². The van der Waals surface area contributed by atoms with E-state index in [0.717, 1.165) is 85.6 Å². The molecule has 5 rings (SSSR count). The van der Waals surface area contributed by atoms with Crippen LogP contribution in [0.5, 0.6) is 5.75 Å². The maximum atomic E-state index is 13.5. The highest BCUT2D eigenvalue weighted by molar-refractivity contribution is 5.91. The molecule has 3 aromatic rings. The smallest absolute Gasteiger partial charge is 0.319 e. The minimum Gasteiger partial charge on any atom is -0.497 e. The van der Waals surface area contributed by atoms with Crippen LogP contribution in [0.15, 0.2) is 72.8 Å². The number of nitrogens with zero attached hydrogens (tertiary/aromatic N) is 2. The zero-order valence-electron chi connectivity index (χ0n) is 24.9. The SMILES string of the molecule is COc1ccc(CN2CCC3(CCN(CCC(NC(=O)Nc4c(C)cccc4C)c4ccccc4)CC3)C2=O)cc1.Cl. The van der Waals surface area contributed by atoms with Gasteiger partial charge in [0.1, 0.15) is 5.75 Å². The maximum Gasteiger partial charge on any atom is 0.319 e. The number of amides is 3. The molecule has 7 nitrogen and oxygen atoms in total. The number of likely N-dealkylation sites (tertiary alicyclic amines) is 2. The second-order valence-corrected chi connectivity index (χ2v) is 11.6. The van der Waals surface area contributed by atoms with Crippen molar-refractivity contribution in [2.75, 3.05) is 38.6 Å². The van der Waals surface area contributed by atoms with Crippen LogP contribution in [0, 0.1) is 19.3 Å². The third kappa shape index (κ3) is 7.26. The van der Waals surface area contributed by atoms with Gasteiger partial charge in [-0.2, -0.15) is 0 Å². The molecule has 0 bridgehead atoms. The number of carbonyl (C=O) groups is 2. The monoisotopic (exact) mass is 590 g/mol. The Labute approximate surface area is 256 Å². The molecule has 224 valence electrons. The summed E-state index contributed by atoms with van der Waals surface area (Å²) in [4.78, 5) is 31.1. The molecule has 42 heavy (non-hydrogen) atoms. The molecular weight excluding hydrogens is 548 g/mol. The summed E-state index contributed by atoms with van der Waals surface area (Å²) in [5.41, 5.74) is 4.95. The fourth-order valence-electron chi connectivity index (χ4n) is 6.30. The van der Waals surface area contributed by atoms with Gasteiger partial charge in [-0.25, -0.2) is 4.79 Å². The molecule has 1 atom stereocenters. The third-order valence-corrected chi connectivity index (χ3v) is 8.91. The van der Waals surface area contributed by atoms with E-state index in [4.69, 9.17) is 4.74 Å². The Morgan fingerprint density at radius 2 is 1.55 bits per heavy atom. The van der Waals surface area contributed by atoms with Gasteiger partial charge >= 0.3 is 6.03 Å². The first-order chi connectivity index (χ1) is 19.9. The van der Waals surface area contributed by atoms with Gasteiger partial charge in [0.25, 0.3) is 0 Å². The van der Waals surface area contributed by atoms with E-state index in [1.165, 1.54) is 0 Å². The number of nitrogens with one attached hydrogen (secondary N) is 2. The summed E-state index contributed by atoms with van der Waals surface area (Å²) in [5, 5.41) is 6.29. The Balaban J connectivity index is 0.00000405. The lowest BCUT2D eigenvalue weighted by Crippen LogP contribution is -2.45. The van der Waals surface area contributed by atoms with E-state index in [0.29, 0.717) is 12.5 Å². The van der Waals surface area contributed by atoms with Gasteiger partial charge in [0, 0.05) is 25.3 Å². The highest BCUT2D eigenvalue weighted by Gasteiger charge is 2.47. The molecule has 0 radical (unpaired) electrons. The minimum absolute atomic E-state index is 0. The van der Waals surface area contributed by atoms with Gasteiger partial charge in [0.05, 0.1) is 18.6 Å². The highest BCUT2D eigenvalue weighted by atomic mass is 35.5. The normalized spacial score (nSPS) is 17.0. The standard InChI is InChI=1S/C34H42N4O3.ClH/c1-25-8-7-9-26(2)31(25)36-33(40)35-30(28-10-5-4-6-11-28)16-20-37-21-17-34(18-22-37)19-23-38(32(34)39)24-27-12-14-29(41-3)15-13-27;/h4-15,30H,16-24H2,1-3H3,(H2,35,36,40);1H. The average Bonchev–Trinajstić information content (AvgIpc) is 3.28. The van der Waals surface area contributed by atoms with Crippen LogP contribution in [0.25, 0.3) is 0 Å².